The zero-order valence-electron chi connectivity index (χ0n) is 7.04. The molecule has 2 aliphatic rings. The Bertz CT molecular complexity index is 407. The number of benzene rings is 1. The molecule has 1 heterocycles. The normalized spacial score (nSPS) is 21.4. The fourth-order valence-electron chi connectivity index (χ4n) is 1.76. The molecule has 3 rings (SSSR count). The number of hydrogen-bond acceptors (Lipinski definition) is 3. The van der Waals surface area contributed by atoms with Crippen molar-refractivity contribution in [2.24, 2.45) is 0 Å². The molecule has 0 amide bonds. The minimum Gasteiger partial charge on any atom is -0.478 e. The van der Waals surface area contributed by atoms with Gasteiger partial charge in [0.2, 0.25) is 5.78 Å². The molecule has 66 valence electrons. The summed E-state index contributed by atoms with van der Waals surface area (Å²) in [6, 6.07) is 5.21. The third-order valence-electron chi connectivity index (χ3n) is 2.67. The molecule has 0 radical (unpaired) electrons. The monoisotopic (exact) mass is 175 g/mol. The van der Waals surface area contributed by atoms with Gasteiger partial charge in [-0.25, -0.2) is 0 Å². The number of rotatable bonds is 0. The lowest BCUT2D eigenvalue weighted by Crippen LogP contribution is -2.21. The van der Waals surface area contributed by atoms with Crippen molar-refractivity contribution in [2.75, 3.05) is 5.73 Å². The lowest BCUT2D eigenvalue weighted by Gasteiger charge is -2.03. The van der Waals surface area contributed by atoms with Crippen molar-refractivity contribution in [3.8, 4) is 5.75 Å². The summed E-state index contributed by atoms with van der Waals surface area (Å²) in [5.41, 5.74) is 6.43. The highest BCUT2D eigenvalue weighted by Crippen LogP contribution is 2.49. The molecule has 1 aromatic carbocycles. The topological polar surface area (TPSA) is 52.3 Å². The summed E-state index contributed by atoms with van der Waals surface area (Å²) in [6.07, 6.45) is 1.70. The average molecular weight is 175 g/mol. The van der Waals surface area contributed by atoms with E-state index >= 15 is 0 Å². The quantitative estimate of drug-likeness (QED) is 0.606. The Morgan fingerprint density at radius 1 is 1.38 bits per heavy atom. The van der Waals surface area contributed by atoms with Gasteiger partial charge in [-0.3, -0.25) is 4.79 Å². The van der Waals surface area contributed by atoms with Crippen LogP contribution in [0.25, 0.3) is 0 Å². The van der Waals surface area contributed by atoms with Crippen molar-refractivity contribution >= 4 is 11.5 Å². The molecular formula is C10H9NO2. The van der Waals surface area contributed by atoms with Crippen molar-refractivity contribution in [1.82, 2.24) is 0 Å². The van der Waals surface area contributed by atoms with Crippen molar-refractivity contribution in [2.45, 2.75) is 18.4 Å². The van der Waals surface area contributed by atoms with Crippen LogP contribution in [0.5, 0.6) is 5.75 Å². The molecule has 0 unspecified atom stereocenters. The highest BCUT2D eigenvalue weighted by Gasteiger charge is 2.57. The van der Waals surface area contributed by atoms with E-state index < -0.39 is 5.60 Å². The van der Waals surface area contributed by atoms with Gasteiger partial charge in [0.25, 0.3) is 0 Å². The third-order valence-corrected chi connectivity index (χ3v) is 2.67. The Labute approximate surface area is 75.5 Å². The third kappa shape index (κ3) is 0.763. The first kappa shape index (κ1) is 6.95. The van der Waals surface area contributed by atoms with Gasteiger partial charge < -0.3 is 10.5 Å². The summed E-state index contributed by atoms with van der Waals surface area (Å²) >= 11 is 0. The first-order valence-corrected chi connectivity index (χ1v) is 4.35. The van der Waals surface area contributed by atoms with Gasteiger partial charge in [-0.15, -0.1) is 0 Å². The lowest BCUT2D eigenvalue weighted by atomic mass is 10.1. The van der Waals surface area contributed by atoms with Crippen molar-refractivity contribution in [3.05, 3.63) is 23.8 Å². The Balaban J connectivity index is 2.17. The standard InChI is InChI=1S/C10H9NO2/c11-6-1-2-7-8(5-6)13-10(3-4-10)9(7)12/h1-2,5H,3-4,11H2. The molecule has 2 N–H and O–H groups in total. The van der Waals surface area contributed by atoms with Crippen LogP contribution in [0.1, 0.15) is 23.2 Å². The van der Waals surface area contributed by atoms with Gasteiger partial charge in [0.1, 0.15) is 5.75 Å². The molecule has 0 bridgehead atoms. The molecule has 3 heteroatoms. The summed E-state index contributed by atoms with van der Waals surface area (Å²) in [5.74, 6) is 0.782. The van der Waals surface area contributed by atoms with Crippen LogP contribution in [0.2, 0.25) is 0 Å². The summed E-state index contributed by atoms with van der Waals surface area (Å²) in [4.78, 5) is 11.7. The molecule has 0 atom stereocenters. The van der Waals surface area contributed by atoms with Crippen molar-refractivity contribution in [3.63, 3.8) is 0 Å². The van der Waals surface area contributed by atoms with Crippen molar-refractivity contribution in [1.29, 1.82) is 0 Å². The zero-order valence-corrected chi connectivity index (χ0v) is 7.04. The smallest absolute Gasteiger partial charge is 0.210 e. The second-order valence-corrected chi connectivity index (χ2v) is 3.68. The molecule has 1 aliphatic carbocycles. The SMILES string of the molecule is Nc1ccc2c(c1)OC1(CC1)C2=O. The van der Waals surface area contributed by atoms with E-state index in [1.54, 1.807) is 18.2 Å². The largest absolute Gasteiger partial charge is 0.478 e. The van der Waals surface area contributed by atoms with Crippen LogP contribution in [-0.4, -0.2) is 11.4 Å². The second kappa shape index (κ2) is 1.87. The maximum Gasteiger partial charge on any atom is 0.210 e. The number of carbonyl (C=O) groups is 1. The Morgan fingerprint density at radius 3 is 2.85 bits per heavy atom. The summed E-state index contributed by atoms with van der Waals surface area (Å²) in [6.45, 7) is 0. The van der Waals surface area contributed by atoms with Crippen LogP contribution in [0.15, 0.2) is 18.2 Å². The molecule has 3 nitrogen and oxygen atoms in total. The second-order valence-electron chi connectivity index (χ2n) is 3.68. The Morgan fingerprint density at radius 2 is 2.15 bits per heavy atom. The van der Waals surface area contributed by atoms with Crippen LogP contribution < -0.4 is 10.5 Å². The molecule has 1 spiro atoms. The molecule has 13 heavy (non-hydrogen) atoms. The number of carbonyl (C=O) groups excluding carboxylic acids is 1. The highest BCUT2D eigenvalue weighted by molar-refractivity contribution is 6.09. The number of fused-ring (bicyclic) bond motifs is 1. The number of nitrogen functional groups attached to an aromatic ring is 1. The average Bonchev–Trinajstić information content (AvgIpc) is 2.79. The van der Waals surface area contributed by atoms with Crippen LogP contribution >= 0.6 is 0 Å². The fourth-order valence-corrected chi connectivity index (χ4v) is 1.76. The van der Waals surface area contributed by atoms with Gasteiger partial charge >= 0.3 is 0 Å². The summed E-state index contributed by atoms with van der Waals surface area (Å²) < 4.78 is 5.57. The number of anilines is 1. The van der Waals surface area contributed by atoms with Crippen LogP contribution in [0, 0.1) is 0 Å². The molecular weight excluding hydrogens is 166 g/mol. The van der Waals surface area contributed by atoms with Gasteiger partial charge in [0.05, 0.1) is 5.56 Å². The first-order valence-electron chi connectivity index (χ1n) is 4.35. The van der Waals surface area contributed by atoms with E-state index in [9.17, 15) is 4.79 Å². The maximum atomic E-state index is 11.7. The fraction of sp³-hybridized carbons (Fsp3) is 0.300. The van der Waals surface area contributed by atoms with Crippen LogP contribution in [-0.2, 0) is 0 Å². The number of hydrogen-bond donors (Lipinski definition) is 1. The van der Waals surface area contributed by atoms with E-state index in [1.165, 1.54) is 0 Å². The van der Waals surface area contributed by atoms with Gasteiger partial charge in [-0.2, -0.15) is 0 Å². The van der Waals surface area contributed by atoms with E-state index in [0.29, 0.717) is 17.0 Å². The van der Waals surface area contributed by atoms with Gasteiger partial charge in [-0.05, 0) is 25.0 Å². The van der Waals surface area contributed by atoms with Crippen LogP contribution in [0.4, 0.5) is 5.69 Å². The molecule has 1 aromatic rings. The molecule has 0 aromatic heterocycles. The minimum absolute atomic E-state index is 0.127. The number of ether oxygens (including phenoxy) is 1. The molecule has 1 saturated carbocycles. The van der Waals surface area contributed by atoms with Gasteiger partial charge in [-0.1, -0.05) is 0 Å². The van der Waals surface area contributed by atoms with Crippen LogP contribution in [0.3, 0.4) is 0 Å². The van der Waals surface area contributed by atoms with E-state index in [2.05, 4.69) is 0 Å². The van der Waals surface area contributed by atoms with E-state index in [-0.39, 0.29) is 5.78 Å². The maximum absolute atomic E-state index is 11.7. The molecule has 1 aliphatic heterocycles. The zero-order chi connectivity index (χ0) is 9.05. The lowest BCUT2D eigenvalue weighted by molar-refractivity contribution is 0.0820. The van der Waals surface area contributed by atoms with E-state index in [0.717, 1.165) is 12.8 Å². The predicted molar refractivity (Wildman–Crippen MR) is 47.8 cm³/mol. The van der Waals surface area contributed by atoms with E-state index in [4.69, 9.17) is 10.5 Å². The number of nitrogens with two attached hydrogens (primary N) is 1. The van der Waals surface area contributed by atoms with E-state index in [1.807, 2.05) is 0 Å². The Hall–Kier alpha value is -1.51. The predicted octanol–water partition coefficient (Wildman–Crippen LogP) is 1.38. The molecule has 1 fully saturated rings. The minimum atomic E-state index is -0.490. The van der Waals surface area contributed by atoms with Gasteiger partial charge in [0.15, 0.2) is 5.60 Å². The number of Topliss-reactive ketones (excluding diaryl/α,β-unsaturated/α-hetero) is 1. The number of ketones is 1. The highest BCUT2D eigenvalue weighted by atomic mass is 16.5. The summed E-state index contributed by atoms with van der Waals surface area (Å²) in [5, 5.41) is 0. The van der Waals surface area contributed by atoms with Gasteiger partial charge in [0, 0.05) is 11.8 Å². The molecule has 0 saturated heterocycles. The Kier molecular flexibility index (Phi) is 0.998. The summed E-state index contributed by atoms with van der Waals surface area (Å²) in [7, 11) is 0. The first-order chi connectivity index (χ1) is 6.21. The van der Waals surface area contributed by atoms with Crippen molar-refractivity contribution < 1.29 is 9.53 Å².